The number of hydrogen-bond donors (Lipinski definition) is 2. The van der Waals surface area contributed by atoms with Crippen molar-refractivity contribution < 1.29 is 5.11 Å². The number of aromatic nitrogens is 4. The van der Waals surface area contributed by atoms with E-state index < -0.39 is 5.60 Å². The minimum atomic E-state index is -1.22. The molecule has 3 aromatic heterocycles. The number of nitrogens with zero attached hydrogens (tertiary/aromatic N) is 4. The average molecular weight is 393 g/mol. The number of hydrogen-bond acceptors (Lipinski definition) is 6. The molecule has 30 heavy (non-hydrogen) atoms. The fourth-order valence-corrected chi connectivity index (χ4v) is 3.84. The van der Waals surface area contributed by atoms with Crippen LogP contribution < -0.4 is 5.73 Å². The van der Waals surface area contributed by atoms with Crippen molar-refractivity contribution in [2.75, 3.05) is 5.73 Å². The lowest BCUT2D eigenvalue weighted by Gasteiger charge is -2.15. The van der Waals surface area contributed by atoms with Crippen LogP contribution in [0.5, 0.6) is 0 Å². The molecule has 0 fully saturated rings. The van der Waals surface area contributed by atoms with E-state index in [2.05, 4.69) is 31.8 Å². The van der Waals surface area contributed by atoms with Gasteiger partial charge in [0.15, 0.2) is 11.4 Å². The van der Waals surface area contributed by atoms with Crippen molar-refractivity contribution in [3.63, 3.8) is 0 Å². The molecule has 0 radical (unpaired) electrons. The van der Waals surface area contributed by atoms with Crippen molar-refractivity contribution in [3.05, 3.63) is 77.4 Å². The van der Waals surface area contributed by atoms with Gasteiger partial charge in [0.1, 0.15) is 11.3 Å². The number of anilines is 1. The van der Waals surface area contributed by atoms with Gasteiger partial charge in [0.25, 0.3) is 0 Å². The van der Waals surface area contributed by atoms with Gasteiger partial charge >= 0.3 is 0 Å². The first kappa shape index (κ1) is 18.2. The second-order valence-electron chi connectivity index (χ2n) is 7.54. The van der Waals surface area contributed by atoms with E-state index in [1.54, 1.807) is 18.6 Å². The topological polar surface area (TPSA) is 97.8 Å². The lowest BCUT2D eigenvalue weighted by Crippen LogP contribution is -2.20. The van der Waals surface area contributed by atoms with Crippen molar-refractivity contribution in [1.82, 2.24) is 19.9 Å². The van der Waals surface area contributed by atoms with Crippen LogP contribution in [0.25, 0.3) is 22.3 Å². The summed E-state index contributed by atoms with van der Waals surface area (Å²) in [5.74, 6) is 7.11. The smallest absolute Gasteiger partial charge is 0.168 e. The van der Waals surface area contributed by atoms with Crippen molar-refractivity contribution in [2.24, 2.45) is 0 Å². The molecule has 1 unspecified atom stereocenters. The number of rotatable bonds is 1. The zero-order chi connectivity index (χ0) is 20.7. The lowest BCUT2D eigenvalue weighted by atomic mass is 10.00. The first-order valence-corrected chi connectivity index (χ1v) is 9.71. The van der Waals surface area contributed by atoms with Gasteiger partial charge in [-0.2, -0.15) is 0 Å². The number of benzene rings is 1. The zero-order valence-electron chi connectivity index (χ0n) is 16.4. The summed E-state index contributed by atoms with van der Waals surface area (Å²) < 4.78 is 0. The molecule has 6 nitrogen and oxygen atoms in total. The van der Waals surface area contributed by atoms with Gasteiger partial charge in [-0.15, -0.1) is 0 Å². The second-order valence-corrected chi connectivity index (χ2v) is 7.54. The molecule has 0 spiro atoms. The Morgan fingerprint density at radius 1 is 1.10 bits per heavy atom. The molecular formula is C24H19N5O. The summed E-state index contributed by atoms with van der Waals surface area (Å²) in [7, 11) is 0. The van der Waals surface area contributed by atoms with Gasteiger partial charge in [-0.05, 0) is 61.2 Å². The highest BCUT2D eigenvalue weighted by Gasteiger charge is 2.36. The molecule has 3 N–H and O–H groups in total. The maximum Gasteiger partial charge on any atom is 0.168 e. The zero-order valence-corrected chi connectivity index (χ0v) is 16.4. The van der Waals surface area contributed by atoms with E-state index in [1.807, 2.05) is 43.3 Å². The number of pyridine rings is 2. The second kappa shape index (κ2) is 6.90. The van der Waals surface area contributed by atoms with Gasteiger partial charge < -0.3 is 10.8 Å². The van der Waals surface area contributed by atoms with Gasteiger partial charge in [0.05, 0.1) is 5.69 Å². The summed E-state index contributed by atoms with van der Waals surface area (Å²) in [5.41, 5.74) is 9.73. The van der Waals surface area contributed by atoms with Crippen molar-refractivity contribution in [1.29, 1.82) is 0 Å². The summed E-state index contributed by atoms with van der Waals surface area (Å²) >= 11 is 0. The van der Waals surface area contributed by atoms with Crippen molar-refractivity contribution >= 4 is 16.7 Å². The fourth-order valence-electron chi connectivity index (χ4n) is 3.84. The van der Waals surface area contributed by atoms with E-state index >= 15 is 0 Å². The minimum Gasteiger partial charge on any atom is -0.382 e. The first-order chi connectivity index (χ1) is 14.5. The van der Waals surface area contributed by atoms with Crippen LogP contribution in [0.15, 0.2) is 55.0 Å². The normalized spacial score (nSPS) is 17.4. The molecule has 6 heteroatoms. The SMILES string of the molecule is Cc1cc(C#CC2(O)CCc3cccnc32)cc(-c2ncc3ccnc(N)c3n2)c1. The Balaban J connectivity index is 1.55. The monoisotopic (exact) mass is 393 g/mol. The fraction of sp³-hybridized carbons (Fsp3) is 0.167. The molecule has 0 bridgehead atoms. The maximum absolute atomic E-state index is 11.0. The van der Waals surface area contributed by atoms with Gasteiger partial charge in [0.2, 0.25) is 0 Å². The van der Waals surface area contributed by atoms with E-state index in [4.69, 9.17) is 5.73 Å². The van der Waals surface area contributed by atoms with Crippen LogP contribution in [0.2, 0.25) is 0 Å². The van der Waals surface area contributed by atoms with E-state index in [0.717, 1.165) is 34.1 Å². The molecule has 1 atom stereocenters. The summed E-state index contributed by atoms with van der Waals surface area (Å²) in [4.78, 5) is 17.5. The number of nitrogen functional groups attached to an aromatic ring is 1. The van der Waals surface area contributed by atoms with Crippen LogP contribution in [-0.2, 0) is 12.0 Å². The molecular weight excluding hydrogens is 374 g/mol. The highest BCUT2D eigenvalue weighted by atomic mass is 16.3. The van der Waals surface area contributed by atoms with Crippen LogP contribution in [0.4, 0.5) is 5.82 Å². The van der Waals surface area contributed by atoms with Crippen LogP contribution in [0, 0.1) is 18.8 Å². The van der Waals surface area contributed by atoms with Crippen LogP contribution in [-0.4, -0.2) is 25.0 Å². The third-order valence-electron chi connectivity index (χ3n) is 5.32. The maximum atomic E-state index is 11.0. The Bertz CT molecular complexity index is 1350. The largest absolute Gasteiger partial charge is 0.382 e. The standard InChI is InChI=1S/C24H19N5O/c1-15-11-16(4-7-24(30)8-5-17-3-2-9-26-21(17)24)13-19(12-15)23-28-14-18-6-10-27-22(25)20(18)29-23/h2-3,6,9-14,30H,5,8H2,1H3,(H2,25,27). The van der Waals surface area contributed by atoms with Crippen LogP contribution >= 0.6 is 0 Å². The molecule has 0 amide bonds. The van der Waals surface area contributed by atoms with Gasteiger partial charge in [-0.1, -0.05) is 17.9 Å². The van der Waals surface area contributed by atoms with Crippen LogP contribution in [0.3, 0.4) is 0 Å². The third-order valence-corrected chi connectivity index (χ3v) is 5.32. The van der Waals surface area contributed by atoms with E-state index in [-0.39, 0.29) is 0 Å². The highest BCUT2D eigenvalue weighted by Crippen LogP contribution is 2.34. The molecule has 0 saturated heterocycles. The molecule has 1 aliphatic rings. The Hall–Kier alpha value is -3.82. The molecule has 0 saturated carbocycles. The van der Waals surface area contributed by atoms with Crippen molar-refractivity contribution in [3.8, 4) is 23.2 Å². The highest BCUT2D eigenvalue weighted by molar-refractivity contribution is 5.87. The summed E-state index contributed by atoms with van der Waals surface area (Å²) in [6.45, 7) is 1.99. The van der Waals surface area contributed by atoms with Crippen molar-refractivity contribution in [2.45, 2.75) is 25.4 Å². The Labute approximate surface area is 173 Å². The summed E-state index contributed by atoms with van der Waals surface area (Å²) in [6.07, 6.45) is 6.40. The predicted octanol–water partition coefficient (Wildman–Crippen LogP) is 3.16. The molecule has 0 aliphatic heterocycles. The lowest BCUT2D eigenvalue weighted by molar-refractivity contribution is 0.0982. The third kappa shape index (κ3) is 3.15. The van der Waals surface area contributed by atoms with Gasteiger partial charge in [-0.25, -0.2) is 15.0 Å². The molecule has 1 aromatic carbocycles. The van der Waals surface area contributed by atoms with E-state index in [0.29, 0.717) is 29.3 Å². The number of nitrogens with two attached hydrogens (primary N) is 1. The quantitative estimate of drug-likeness (QED) is 0.482. The van der Waals surface area contributed by atoms with Gasteiger partial charge in [0, 0.05) is 35.1 Å². The molecule has 5 rings (SSSR count). The molecule has 3 heterocycles. The predicted molar refractivity (Wildman–Crippen MR) is 115 cm³/mol. The minimum absolute atomic E-state index is 0.374. The van der Waals surface area contributed by atoms with E-state index in [9.17, 15) is 5.11 Å². The number of aliphatic hydroxyl groups is 1. The van der Waals surface area contributed by atoms with Crippen LogP contribution in [0.1, 0.15) is 28.8 Å². The molecule has 146 valence electrons. The number of aryl methyl sites for hydroxylation is 2. The first-order valence-electron chi connectivity index (χ1n) is 9.71. The average Bonchev–Trinajstić information content (AvgIpc) is 3.09. The summed E-state index contributed by atoms with van der Waals surface area (Å²) in [5, 5.41) is 11.9. The number of fused-ring (bicyclic) bond motifs is 2. The molecule has 1 aliphatic carbocycles. The summed E-state index contributed by atoms with van der Waals surface area (Å²) in [6, 6.07) is 11.6. The Morgan fingerprint density at radius 3 is 2.90 bits per heavy atom. The Kier molecular flexibility index (Phi) is 4.19. The van der Waals surface area contributed by atoms with Gasteiger partial charge in [-0.3, -0.25) is 4.98 Å². The Morgan fingerprint density at radius 2 is 2.00 bits per heavy atom. The molecule has 4 aromatic rings. The van der Waals surface area contributed by atoms with E-state index in [1.165, 1.54) is 0 Å².